The lowest BCUT2D eigenvalue weighted by Crippen LogP contribution is -2.06. The molecule has 0 saturated carbocycles. The average molecular weight is 292 g/mol. The molecular formula is C15H14ClNO3. The van der Waals surface area contributed by atoms with Crippen molar-refractivity contribution in [2.45, 2.75) is 19.4 Å². The highest BCUT2D eigenvalue weighted by Crippen LogP contribution is 2.28. The number of hydrogen-bond donors (Lipinski definition) is 1. The minimum absolute atomic E-state index is 0.0197. The molecule has 1 N–H and O–H groups in total. The maximum absolute atomic E-state index is 11.0. The van der Waals surface area contributed by atoms with E-state index in [1.807, 2.05) is 13.0 Å². The molecule has 0 amide bonds. The third-order valence-electron chi connectivity index (χ3n) is 3.20. The molecule has 1 unspecified atom stereocenters. The highest BCUT2D eigenvalue weighted by atomic mass is 35.5. The quantitative estimate of drug-likeness (QED) is 0.688. The predicted molar refractivity (Wildman–Crippen MR) is 77.9 cm³/mol. The van der Waals surface area contributed by atoms with Gasteiger partial charge in [-0.15, -0.1) is 0 Å². The lowest BCUT2D eigenvalue weighted by Gasteiger charge is -2.14. The number of nitrogens with zero attached hydrogens (tertiary/aromatic N) is 1. The number of aliphatic hydroxyl groups is 1. The number of nitro benzene ring substituents is 1. The van der Waals surface area contributed by atoms with Gasteiger partial charge in [-0.1, -0.05) is 35.9 Å². The summed E-state index contributed by atoms with van der Waals surface area (Å²) in [4.78, 5) is 10.5. The molecule has 0 fully saturated rings. The molecule has 0 aliphatic heterocycles. The van der Waals surface area contributed by atoms with Gasteiger partial charge in [0.15, 0.2) is 0 Å². The number of aliphatic hydroxyl groups excluding tert-OH is 1. The van der Waals surface area contributed by atoms with Gasteiger partial charge < -0.3 is 5.11 Å². The summed E-state index contributed by atoms with van der Waals surface area (Å²) in [5.74, 6) is 0. The Kier molecular flexibility index (Phi) is 4.37. The Morgan fingerprint density at radius 1 is 1.30 bits per heavy atom. The van der Waals surface area contributed by atoms with E-state index < -0.39 is 11.0 Å². The van der Waals surface area contributed by atoms with Crippen LogP contribution in [-0.4, -0.2) is 10.0 Å². The number of nitro groups is 1. The molecule has 104 valence electrons. The predicted octanol–water partition coefficient (Wildman–Crippen LogP) is 3.83. The zero-order valence-electron chi connectivity index (χ0n) is 10.9. The highest BCUT2D eigenvalue weighted by Gasteiger charge is 2.18. The summed E-state index contributed by atoms with van der Waals surface area (Å²) < 4.78 is 0. The van der Waals surface area contributed by atoms with Crippen LogP contribution in [0, 0.1) is 17.0 Å². The topological polar surface area (TPSA) is 63.4 Å². The fraction of sp³-hybridized carbons (Fsp3) is 0.200. The van der Waals surface area contributed by atoms with Crippen molar-refractivity contribution < 1.29 is 10.0 Å². The van der Waals surface area contributed by atoms with E-state index in [4.69, 9.17) is 11.6 Å². The summed E-state index contributed by atoms with van der Waals surface area (Å²) in [6.45, 7) is 1.87. The summed E-state index contributed by atoms with van der Waals surface area (Å²) in [7, 11) is 0. The van der Waals surface area contributed by atoms with Crippen LogP contribution in [0.3, 0.4) is 0 Å². The normalized spacial score (nSPS) is 12.2. The zero-order chi connectivity index (χ0) is 14.7. The molecule has 0 spiro atoms. The first-order chi connectivity index (χ1) is 9.49. The van der Waals surface area contributed by atoms with Gasteiger partial charge in [0, 0.05) is 23.1 Å². The molecule has 0 radical (unpaired) electrons. The van der Waals surface area contributed by atoms with Crippen LogP contribution in [0.4, 0.5) is 5.69 Å². The monoisotopic (exact) mass is 291 g/mol. The number of aryl methyl sites for hydroxylation is 1. The van der Waals surface area contributed by atoms with Crippen molar-refractivity contribution in [1.29, 1.82) is 0 Å². The van der Waals surface area contributed by atoms with Gasteiger partial charge in [0.1, 0.15) is 0 Å². The summed E-state index contributed by atoms with van der Waals surface area (Å²) in [5, 5.41) is 21.8. The standard InChI is InChI=1S/C15H14ClNO3/c1-10-6-7-12(16)9-13(10)15(18)8-11-4-2-3-5-14(11)17(19)20/h2-7,9,15,18H,8H2,1H3. The maximum atomic E-state index is 11.0. The average Bonchev–Trinajstić information content (AvgIpc) is 2.41. The third-order valence-corrected chi connectivity index (χ3v) is 3.44. The van der Waals surface area contributed by atoms with Crippen molar-refractivity contribution in [2.24, 2.45) is 0 Å². The van der Waals surface area contributed by atoms with Crippen LogP contribution in [0.2, 0.25) is 5.02 Å². The molecule has 0 bridgehead atoms. The molecule has 2 aromatic carbocycles. The number of rotatable bonds is 4. The fourth-order valence-electron chi connectivity index (χ4n) is 2.15. The van der Waals surface area contributed by atoms with Gasteiger partial charge in [-0.3, -0.25) is 10.1 Å². The van der Waals surface area contributed by atoms with Gasteiger partial charge in [0.05, 0.1) is 11.0 Å². The van der Waals surface area contributed by atoms with E-state index in [9.17, 15) is 15.2 Å². The van der Waals surface area contributed by atoms with Crippen molar-refractivity contribution in [3.05, 3.63) is 74.3 Å². The second kappa shape index (κ2) is 6.03. The molecule has 0 aromatic heterocycles. The largest absolute Gasteiger partial charge is 0.388 e. The van der Waals surface area contributed by atoms with Gasteiger partial charge in [0.25, 0.3) is 5.69 Å². The van der Waals surface area contributed by atoms with Crippen LogP contribution >= 0.6 is 11.6 Å². The molecule has 0 aliphatic rings. The Hall–Kier alpha value is -1.91. The van der Waals surface area contributed by atoms with Crippen molar-refractivity contribution in [2.75, 3.05) is 0 Å². The summed E-state index contributed by atoms with van der Waals surface area (Å²) in [6, 6.07) is 11.7. The molecule has 0 aliphatic carbocycles. The van der Waals surface area contributed by atoms with Crippen LogP contribution in [0.1, 0.15) is 22.8 Å². The number of hydrogen-bond acceptors (Lipinski definition) is 3. The Bertz CT molecular complexity index is 643. The fourth-order valence-corrected chi connectivity index (χ4v) is 2.33. The minimum Gasteiger partial charge on any atom is -0.388 e. The van der Waals surface area contributed by atoms with Crippen molar-refractivity contribution in [1.82, 2.24) is 0 Å². The van der Waals surface area contributed by atoms with Crippen molar-refractivity contribution in [3.8, 4) is 0 Å². The van der Waals surface area contributed by atoms with Crippen LogP contribution in [0.5, 0.6) is 0 Å². The Morgan fingerprint density at radius 2 is 2.00 bits per heavy atom. The molecular weight excluding hydrogens is 278 g/mol. The van der Waals surface area contributed by atoms with E-state index in [1.54, 1.807) is 30.3 Å². The van der Waals surface area contributed by atoms with Crippen molar-refractivity contribution >= 4 is 17.3 Å². The Balaban J connectivity index is 2.30. The van der Waals surface area contributed by atoms with E-state index in [1.165, 1.54) is 6.07 Å². The number of benzene rings is 2. The number of halogens is 1. The van der Waals surface area contributed by atoms with Crippen molar-refractivity contribution in [3.63, 3.8) is 0 Å². The van der Waals surface area contributed by atoms with E-state index in [-0.39, 0.29) is 12.1 Å². The summed E-state index contributed by atoms with van der Waals surface area (Å²) in [5.41, 5.74) is 2.12. The van der Waals surface area contributed by atoms with E-state index in [0.29, 0.717) is 16.1 Å². The second-order valence-electron chi connectivity index (χ2n) is 4.61. The lowest BCUT2D eigenvalue weighted by molar-refractivity contribution is -0.385. The molecule has 20 heavy (non-hydrogen) atoms. The first-order valence-corrected chi connectivity index (χ1v) is 6.53. The van der Waals surface area contributed by atoms with Gasteiger partial charge >= 0.3 is 0 Å². The van der Waals surface area contributed by atoms with Gasteiger partial charge in [-0.2, -0.15) is 0 Å². The van der Waals surface area contributed by atoms with Crippen LogP contribution in [-0.2, 0) is 6.42 Å². The highest BCUT2D eigenvalue weighted by molar-refractivity contribution is 6.30. The SMILES string of the molecule is Cc1ccc(Cl)cc1C(O)Cc1ccccc1[N+](=O)[O-]. The number of para-hydroxylation sites is 1. The van der Waals surface area contributed by atoms with Gasteiger partial charge in [-0.05, 0) is 30.2 Å². The molecule has 0 heterocycles. The Morgan fingerprint density at radius 3 is 2.70 bits per heavy atom. The first-order valence-electron chi connectivity index (χ1n) is 6.15. The summed E-state index contributed by atoms with van der Waals surface area (Å²) in [6.07, 6.45) is -0.645. The van der Waals surface area contributed by atoms with Crippen LogP contribution in [0.15, 0.2) is 42.5 Å². The molecule has 0 saturated heterocycles. The minimum atomic E-state index is -0.824. The molecule has 5 heteroatoms. The van der Waals surface area contributed by atoms with Gasteiger partial charge in [-0.25, -0.2) is 0 Å². The molecule has 1 atom stereocenters. The van der Waals surface area contributed by atoms with Crippen LogP contribution in [0.25, 0.3) is 0 Å². The first kappa shape index (κ1) is 14.5. The molecule has 2 aromatic rings. The lowest BCUT2D eigenvalue weighted by atomic mass is 9.97. The smallest absolute Gasteiger partial charge is 0.272 e. The maximum Gasteiger partial charge on any atom is 0.272 e. The second-order valence-corrected chi connectivity index (χ2v) is 5.04. The molecule has 4 nitrogen and oxygen atoms in total. The van der Waals surface area contributed by atoms with Crippen LogP contribution < -0.4 is 0 Å². The van der Waals surface area contributed by atoms with E-state index in [2.05, 4.69) is 0 Å². The Labute approximate surface area is 121 Å². The summed E-state index contributed by atoms with van der Waals surface area (Å²) >= 11 is 5.93. The third kappa shape index (κ3) is 3.15. The zero-order valence-corrected chi connectivity index (χ0v) is 11.7. The van der Waals surface area contributed by atoms with Gasteiger partial charge in [0.2, 0.25) is 0 Å². The van der Waals surface area contributed by atoms with E-state index >= 15 is 0 Å². The van der Waals surface area contributed by atoms with E-state index in [0.717, 1.165) is 5.56 Å². The molecule has 2 rings (SSSR count).